The highest BCUT2D eigenvalue weighted by atomic mass is 79.9. The quantitative estimate of drug-likeness (QED) is 0.819. The Morgan fingerprint density at radius 3 is 2.47 bits per heavy atom. The van der Waals surface area contributed by atoms with Crippen LogP contribution in [0.3, 0.4) is 0 Å². The van der Waals surface area contributed by atoms with Crippen LogP contribution in [0, 0.1) is 19.7 Å². The molecule has 1 nitrogen and oxygen atoms in total. The lowest BCUT2D eigenvalue weighted by molar-refractivity contribution is 0.214. The van der Waals surface area contributed by atoms with Gasteiger partial charge in [0.2, 0.25) is 0 Å². The normalized spacial score (nSPS) is 12.5. The maximum atomic E-state index is 13.8. The Bertz CT molecular complexity index is 628. The fourth-order valence-electron chi connectivity index (χ4n) is 1.99. The number of rotatable bonds is 2. The largest absolute Gasteiger partial charge is 0.384 e. The molecule has 0 radical (unpaired) electrons. The van der Waals surface area contributed by atoms with E-state index in [1.165, 1.54) is 18.2 Å². The molecular formula is C15H13BrClFO. The maximum absolute atomic E-state index is 13.8. The van der Waals surface area contributed by atoms with Gasteiger partial charge >= 0.3 is 0 Å². The third kappa shape index (κ3) is 2.99. The van der Waals surface area contributed by atoms with Crippen molar-refractivity contribution in [2.24, 2.45) is 0 Å². The van der Waals surface area contributed by atoms with Gasteiger partial charge in [0, 0.05) is 15.1 Å². The molecule has 2 aromatic carbocycles. The maximum Gasteiger partial charge on any atom is 0.129 e. The second kappa shape index (κ2) is 5.61. The summed E-state index contributed by atoms with van der Waals surface area (Å²) in [5.41, 5.74) is 2.76. The summed E-state index contributed by atoms with van der Waals surface area (Å²) in [7, 11) is 0. The van der Waals surface area contributed by atoms with Crippen molar-refractivity contribution in [3.05, 3.63) is 67.9 Å². The van der Waals surface area contributed by atoms with E-state index >= 15 is 0 Å². The first kappa shape index (κ1) is 14.5. The molecule has 100 valence electrons. The van der Waals surface area contributed by atoms with Gasteiger partial charge in [0.1, 0.15) is 11.9 Å². The Morgan fingerprint density at radius 1 is 1.11 bits per heavy atom. The smallest absolute Gasteiger partial charge is 0.129 e. The van der Waals surface area contributed by atoms with Crippen molar-refractivity contribution in [1.82, 2.24) is 0 Å². The molecule has 2 rings (SSSR count). The van der Waals surface area contributed by atoms with E-state index in [-0.39, 0.29) is 5.56 Å². The zero-order valence-corrected chi connectivity index (χ0v) is 12.9. The molecule has 0 amide bonds. The Hall–Kier alpha value is -0.900. The summed E-state index contributed by atoms with van der Waals surface area (Å²) in [6.07, 6.45) is -1.02. The lowest BCUT2D eigenvalue weighted by Crippen LogP contribution is -2.05. The van der Waals surface area contributed by atoms with Crippen LogP contribution in [0.5, 0.6) is 0 Å². The average molecular weight is 344 g/mol. The number of aliphatic hydroxyl groups excluding tert-OH is 1. The first-order valence-corrected chi connectivity index (χ1v) is 6.97. The van der Waals surface area contributed by atoms with E-state index in [0.717, 1.165) is 15.6 Å². The SMILES string of the molecule is Cc1cc(C(O)c2cc(Cl)ccc2F)c(C)cc1Br. The number of hydrogen-bond donors (Lipinski definition) is 1. The summed E-state index contributed by atoms with van der Waals surface area (Å²) in [4.78, 5) is 0. The van der Waals surface area contributed by atoms with Gasteiger partial charge in [0.05, 0.1) is 0 Å². The highest BCUT2D eigenvalue weighted by Gasteiger charge is 2.18. The van der Waals surface area contributed by atoms with E-state index in [1.54, 1.807) is 0 Å². The first-order chi connectivity index (χ1) is 8.90. The van der Waals surface area contributed by atoms with E-state index in [4.69, 9.17) is 11.6 Å². The lowest BCUT2D eigenvalue weighted by Gasteiger charge is -2.16. The van der Waals surface area contributed by atoms with Crippen molar-refractivity contribution >= 4 is 27.5 Å². The predicted octanol–water partition coefficient (Wildman–Crippen LogP) is 4.94. The molecule has 0 aliphatic heterocycles. The standard InChI is InChI=1S/C15H13BrClFO/c1-8-6-13(16)9(2)5-11(8)15(19)12-7-10(17)3-4-14(12)18/h3-7,15,19H,1-2H3. The van der Waals surface area contributed by atoms with Gasteiger partial charge in [-0.15, -0.1) is 0 Å². The summed E-state index contributed by atoms with van der Waals surface area (Å²) in [6.45, 7) is 3.80. The molecule has 4 heteroatoms. The van der Waals surface area contributed by atoms with Gasteiger partial charge in [-0.25, -0.2) is 4.39 Å². The van der Waals surface area contributed by atoms with Gasteiger partial charge < -0.3 is 5.11 Å². The van der Waals surface area contributed by atoms with Gasteiger partial charge in [-0.05, 0) is 54.8 Å². The molecule has 1 unspecified atom stereocenters. The number of aryl methyl sites for hydroxylation is 2. The van der Waals surface area contributed by atoms with Crippen molar-refractivity contribution in [2.75, 3.05) is 0 Å². The monoisotopic (exact) mass is 342 g/mol. The van der Waals surface area contributed by atoms with E-state index in [9.17, 15) is 9.50 Å². The molecule has 0 heterocycles. The minimum Gasteiger partial charge on any atom is -0.384 e. The summed E-state index contributed by atoms with van der Waals surface area (Å²) >= 11 is 9.29. The fourth-order valence-corrected chi connectivity index (χ4v) is 2.63. The van der Waals surface area contributed by atoms with E-state index < -0.39 is 11.9 Å². The van der Waals surface area contributed by atoms with Crippen LogP contribution in [0.1, 0.15) is 28.4 Å². The Morgan fingerprint density at radius 2 is 1.79 bits per heavy atom. The molecule has 0 spiro atoms. The first-order valence-electron chi connectivity index (χ1n) is 5.80. The second-order valence-electron chi connectivity index (χ2n) is 4.53. The third-order valence-electron chi connectivity index (χ3n) is 3.09. The van der Waals surface area contributed by atoms with Gasteiger partial charge in [0.25, 0.3) is 0 Å². The van der Waals surface area contributed by atoms with Crippen LogP contribution in [-0.4, -0.2) is 5.11 Å². The molecule has 1 N–H and O–H groups in total. The molecule has 0 aliphatic rings. The molecule has 19 heavy (non-hydrogen) atoms. The zero-order chi connectivity index (χ0) is 14.2. The van der Waals surface area contributed by atoms with Crippen LogP contribution in [0.25, 0.3) is 0 Å². The Balaban J connectivity index is 2.52. The third-order valence-corrected chi connectivity index (χ3v) is 4.18. The number of aliphatic hydroxyl groups is 1. The molecule has 0 aromatic heterocycles. The Kier molecular flexibility index (Phi) is 4.29. The number of halogens is 3. The minimum absolute atomic E-state index is 0.192. The molecule has 2 aromatic rings. The summed E-state index contributed by atoms with van der Waals surface area (Å²) in [5.74, 6) is -0.461. The minimum atomic E-state index is -1.02. The van der Waals surface area contributed by atoms with Crippen LogP contribution in [-0.2, 0) is 0 Å². The molecule has 0 aliphatic carbocycles. The van der Waals surface area contributed by atoms with Gasteiger partial charge in [-0.1, -0.05) is 33.6 Å². The van der Waals surface area contributed by atoms with Crippen LogP contribution in [0.15, 0.2) is 34.8 Å². The summed E-state index contributed by atoms with van der Waals surface area (Å²) < 4.78 is 14.8. The molecule has 0 saturated heterocycles. The van der Waals surface area contributed by atoms with Crippen LogP contribution in [0.4, 0.5) is 4.39 Å². The summed E-state index contributed by atoms with van der Waals surface area (Å²) in [6, 6.07) is 7.95. The second-order valence-corrected chi connectivity index (χ2v) is 5.82. The van der Waals surface area contributed by atoms with Crippen molar-refractivity contribution < 1.29 is 9.50 Å². The highest BCUT2D eigenvalue weighted by Crippen LogP contribution is 2.31. The van der Waals surface area contributed by atoms with E-state index in [0.29, 0.717) is 10.6 Å². The lowest BCUT2D eigenvalue weighted by atomic mass is 9.95. The topological polar surface area (TPSA) is 20.2 Å². The van der Waals surface area contributed by atoms with Gasteiger partial charge in [-0.3, -0.25) is 0 Å². The summed E-state index contributed by atoms with van der Waals surface area (Å²) in [5, 5.41) is 10.8. The van der Waals surface area contributed by atoms with E-state index in [2.05, 4.69) is 15.9 Å². The predicted molar refractivity (Wildman–Crippen MR) is 79.1 cm³/mol. The molecule has 1 atom stereocenters. The van der Waals surface area contributed by atoms with Crippen LogP contribution in [0.2, 0.25) is 5.02 Å². The zero-order valence-electron chi connectivity index (χ0n) is 10.5. The number of benzene rings is 2. The van der Waals surface area contributed by atoms with Crippen molar-refractivity contribution in [1.29, 1.82) is 0 Å². The highest BCUT2D eigenvalue weighted by molar-refractivity contribution is 9.10. The molecular weight excluding hydrogens is 331 g/mol. The number of hydrogen-bond acceptors (Lipinski definition) is 1. The van der Waals surface area contributed by atoms with Gasteiger partial charge in [0.15, 0.2) is 0 Å². The molecule has 0 bridgehead atoms. The van der Waals surface area contributed by atoms with Crippen molar-refractivity contribution in [2.45, 2.75) is 20.0 Å². The van der Waals surface area contributed by atoms with Crippen molar-refractivity contribution in [3.8, 4) is 0 Å². The average Bonchev–Trinajstić information content (AvgIpc) is 2.36. The van der Waals surface area contributed by atoms with Crippen LogP contribution < -0.4 is 0 Å². The van der Waals surface area contributed by atoms with Crippen molar-refractivity contribution in [3.63, 3.8) is 0 Å². The molecule has 0 saturated carbocycles. The molecule has 0 fully saturated rings. The fraction of sp³-hybridized carbons (Fsp3) is 0.200. The van der Waals surface area contributed by atoms with Crippen LogP contribution >= 0.6 is 27.5 Å². The van der Waals surface area contributed by atoms with E-state index in [1.807, 2.05) is 26.0 Å². The van der Waals surface area contributed by atoms with Gasteiger partial charge in [-0.2, -0.15) is 0 Å². The Labute approximate surface area is 125 Å².